The molecule has 2 aromatic carbocycles. The summed E-state index contributed by atoms with van der Waals surface area (Å²) in [6.07, 6.45) is 2.90. The van der Waals surface area contributed by atoms with Gasteiger partial charge in [-0.15, -0.1) is 0 Å². The van der Waals surface area contributed by atoms with Gasteiger partial charge in [0.25, 0.3) is 0 Å². The van der Waals surface area contributed by atoms with Gasteiger partial charge in [0.1, 0.15) is 24.0 Å². The van der Waals surface area contributed by atoms with Gasteiger partial charge in [0.05, 0.1) is 6.26 Å². The molecule has 4 nitrogen and oxygen atoms in total. The topological polar surface area (TPSA) is 63.2 Å². The summed E-state index contributed by atoms with van der Waals surface area (Å²) in [4.78, 5) is 12.2. The predicted octanol–water partition coefficient (Wildman–Crippen LogP) is 5.30. The van der Waals surface area contributed by atoms with E-state index in [0.717, 1.165) is 5.56 Å². The number of nitriles is 1. The number of hydrogen-bond donors (Lipinski definition) is 0. The molecule has 128 valence electrons. The lowest BCUT2D eigenvalue weighted by molar-refractivity contribution is 0.101. The van der Waals surface area contributed by atoms with E-state index in [1.807, 2.05) is 24.3 Å². The minimum atomic E-state index is -0.458. The van der Waals surface area contributed by atoms with Gasteiger partial charge in [-0.1, -0.05) is 41.9 Å². The van der Waals surface area contributed by atoms with Crippen LogP contribution in [0.5, 0.6) is 5.75 Å². The average molecular weight is 364 g/mol. The van der Waals surface area contributed by atoms with Crippen molar-refractivity contribution in [2.75, 3.05) is 0 Å². The normalized spacial score (nSPS) is 11.0. The number of rotatable bonds is 6. The summed E-state index contributed by atoms with van der Waals surface area (Å²) in [5.41, 5.74) is 1.54. The van der Waals surface area contributed by atoms with Crippen molar-refractivity contribution in [2.24, 2.45) is 0 Å². The molecule has 0 N–H and O–H groups in total. The number of ether oxygens (including phenoxy) is 1. The first kappa shape index (κ1) is 17.5. The summed E-state index contributed by atoms with van der Waals surface area (Å²) >= 11 is 6.12. The van der Waals surface area contributed by atoms with Crippen molar-refractivity contribution < 1.29 is 13.9 Å². The highest BCUT2D eigenvalue weighted by molar-refractivity contribution is 6.31. The van der Waals surface area contributed by atoms with Crippen LogP contribution in [0.2, 0.25) is 5.02 Å². The Morgan fingerprint density at radius 2 is 2.00 bits per heavy atom. The van der Waals surface area contributed by atoms with Gasteiger partial charge in [0, 0.05) is 10.6 Å². The van der Waals surface area contributed by atoms with Gasteiger partial charge in [-0.05, 0) is 42.0 Å². The summed E-state index contributed by atoms with van der Waals surface area (Å²) in [5.74, 6) is 0.283. The summed E-state index contributed by atoms with van der Waals surface area (Å²) < 4.78 is 10.8. The fourth-order valence-electron chi connectivity index (χ4n) is 2.33. The van der Waals surface area contributed by atoms with Crippen LogP contribution in [0.15, 0.2) is 76.9 Å². The monoisotopic (exact) mass is 363 g/mol. The van der Waals surface area contributed by atoms with E-state index in [1.165, 1.54) is 18.4 Å². The zero-order valence-corrected chi connectivity index (χ0v) is 14.4. The van der Waals surface area contributed by atoms with Crippen molar-refractivity contribution >= 4 is 23.5 Å². The Hall–Kier alpha value is -3.29. The number of allylic oxidation sites excluding steroid dienone is 1. The maximum absolute atomic E-state index is 12.2. The summed E-state index contributed by atoms with van der Waals surface area (Å²) in [5, 5.41) is 9.92. The van der Waals surface area contributed by atoms with Crippen LogP contribution in [-0.4, -0.2) is 5.78 Å². The van der Waals surface area contributed by atoms with Gasteiger partial charge in [0.2, 0.25) is 5.78 Å². The lowest BCUT2D eigenvalue weighted by Crippen LogP contribution is -2.00. The number of ketones is 1. The number of Topliss-reactive ketones (excluding diaryl/α,β-unsaturated/α-hetero) is 1. The Bertz CT molecular complexity index is 984. The molecule has 0 radical (unpaired) electrons. The van der Waals surface area contributed by atoms with Crippen molar-refractivity contribution in [3.63, 3.8) is 0 Å². The molecule has 3 rings (SSSR count). The smallest absolute Gasteiger partial charge is 0.238 e. The van der Waals surface area contributed by atoms with Gasteiger partial charge in [-0.25, -0.2) is 0 Å². The molecule has 0 aliphatic carbocycles. The second-order valence-electron chi connectivity index (χ2n) is 5.43. The number of benzene rings is 2. The largest absolute Gasteiger partial charge is 0.489 e. The highest BCUT2D eigenvalue weighted by Gasteiger charge is 2.14. The van der Waals surface area contributed by atoms with Crippen molar-refractivity contribution in [3.05, 3.63) is 94.4 Å². The first-order valence-electron chi connectivity index (χ1n) is 7.83. The standard InChI is InChI=1S/C21H14ClNO3/c22-19-8-2-1-6-16(19)14-26-18-7-3-5-15(12-18)11-17(13-23)21(24)20-9-4-10-25-20/h1-12H,14H2/b17-11+. The first-order valence-corrected chi connectivity index (χ1v) is 8.21. The molecule has 0 spiro atoms. The van der Waals surface area contributed by atoms with Gasteiger partial charge < -0.3 is 9.15 Å². The van der Waals surface area contributed by atoms with Crippen LogP contribution in [0.25, 0.3) is 6.08 Å². The van der Waals surface area contributed by atoms with Crippen LogP contribution in [0.3, 0.4) is 0 Å². The molecule has 0 saturated carbocycles. The van der Waals surface area contributed by atoms with Gasteiger partial charge in [-0.2, -0.15) is 5.26 Å². The van der Waals surface area contributed by atoms with E-state index in [2.05, 4.69) is 0 Å². The number of hydrogen-bond acceptors (Lipinski definition) is 4. The Morgan fingerprint density at radius 3 is 2.73 bits per heavy atom. The quantitative estimate of drug-likeness (QED) is 0.338. The van der Waals surface area contributed by atoms with Crippen LogP contribution in [0, 0.1) is 11.3 Å². The zero-order chi connectivity index (χ0) is 18.4. The molecular formula is C21H14ClNO3. The lowest BCUT2D eigenvalue weighted by atomic mass is 10.1. The molecule has 1 aromatic heterocycles. The number of carbonyl (C=O) groups excluding carboxylic acids is 1. The molecule has 0 atom stereocenters. The van der Waals surface area contributed by atoms with Crippen molar-refractivity contribution in [3.8, 4) is 11.8 Å². The van der Waals surface area contributed by atoms with Gasteiger partial charge in [-0.3, -0.25) is 4.79 Å². The van der Waals surface area contributed by atoms with E-state index < -0.39 is 5.78 Å². The molecule has 0 amide bonds. The lowest BCUT2D eigenvalue weighted by Gasteiger charge is -2.08. The average Bonchev–Trinajstić information content (AvgIpc) is 3.20. The van der Waals surface area contributed by atoms with Crippen LogP contribution < -0.4 is 4.74 Å². The molecule has 0 aliphatic heterocycles. The number of furan rings is 1. The van der Waals surface area contributed by atoms with E-state index in [9.17, 15) is 10.1 Å². The molecule has 5 heteroatoms. The molecular weight excluding hydrogens is 350 g/mol. The van der Waals surface area contributed by atoms with Crippen LogP contribution in [-0.2, 0) is 6.61 Å². The Morgan fingerprint density at radius 1 is 1.15 bits per heavy atom. The summed E-state index contributed by atoms with van der Waals surface area (Å²) in [6, 6.07) is 19.6. The molecule has 0 fully saturated rings. The van der Waals surface area contributed by atoms with E-state index in [1.54, 1.807) is 36.4 Å². The van der Waals surface area contributed by atoms with Crippen LogP contribution >= 0.6 is 11.6 Å². The van der Waals surface area contributed by atoms with Crippen molar-refractivity contribution in [2.45, 2.75) is 6.61 Å². The SMILES string of the molecule is N#C/C(=C\c1cccc(OCc2ccccc2Cl)c1)C(=O)c1ccco1. The summed E-state index contributed by atoms with van der Waals surface area (Å²) in [6.45, 7) is 0.323. The number of nitrogens with zero attached hydrogens (tertiary/aromatic N) is 1. The third kappa shape index (κ3) is 4.21. The number of halogens is 1. The Balaban J connectivity index is 1.77. The molecule has 0 bridgehead atoms. The van der Waals surface area contributed by atoms with E-state index in [0.29, 0.717) is 22.9 Å². The fourth-order valence-corrected chi connectivity index (χ4v) is 2.52. The predicted molar refractivity (Wildman–Crippen MR) is 98.9 cm³/mol. The zero-order valence-electron chi connectivity index (χ0n) is 13.7. The van der Waals surface area contributed by atoms with E-state index in [4.69, 9.17) is 20.8 Å². The third-order valence-corrected chi connectivity index (χ3v) is 4.00. The molecule has 26 heavy (non-hydrogen) atoms. The third-order valence-electron chi connectivity index (χ3n) is 3.63. The first-order chi connectivity index (χ1) is 12.7. The second kappa shape index (κ2) is 8.19. The fraction of sp³-hybridized carbons (Fsp3) is 0.0476. The van der Waals surface area contributed by atoms with E-state index >= 15 is 0 Å². The summed E-state index contributed by atoms with van der Waals surface area (Å²) in [7, 11) is 0. The van der Waals surface area contributed by atoms with Crippen LogP contribution in [0.1, 0.15) is 21.7 Å². The molecule has 1 heterocycles. The highest BCUT2D eigenvalue weighted by Crippen LogP contribution is 2.21. The highest BCUT2D eigenvalue weighted by atomic mass is 35.5. The molecule has 0 aliphatic rings. The maximum Gasteiger partial charge on any atom is 0.238 e. The van der Waals surface area contributed by atoms with Crippen LogP contribution in [0.4, 0.5) is 0 Å². The molecule has 0 unspecified atom stereocenters. The molecule has 3 aromatic rings. The Labute approximate surface area is 155 Å². The minimum Gasteiger partial charge on any atom is -0.489 e. The second-order valence-corrected chi connectivity index (χ2v) is 5.84. The van der Waals surface area contributed by atoms with Crippen molar-refractivity contribution in [1.82, 2.24) is 0 Å². The number of carbonyl (C=O) groups is 1. The van der Waals surface area contributed by atoms with Crippen molar-refractivity contribution in [1.29, 1.82) is 5.26 Å². The Kier molecular flexibility index (Phi) is 5.52. The van der Waals surface area contributed by atoms with Gasteiger partial charge >= 0.3 is 0 Å². The maximum atomic E-state index is 12.2. The molecule has 0 saturated heterocycles. The minimum absolute atomic E-state index is 0.0109. The van der Waals surface area contributed by atoms with E-state index in [-0.39, 0.29) is 11.3 Å². The van der Waals surface area contributed by atoms with Gasteiger partial charge in [0.15, 0.2) is 5.76 Å².